The first-order chi connectivity index (χ1) is 14.9. The number of hydrogen-bond acceptors (Lipinski definition) is 5. The van der Waals surface area contributed by atoms with E-state index in [9.17, 15) is 13.2 Å². The molecule has 31 heavy (non-hydrogen) atoms. The van der Waals surface area contributed by atoms with Gasteiger partial charge in [0.05, 0.1) is 18.0 Å². The lowest BCUT2D eigenvalue weighted by atomic mass is 10.1. The molecule has 1 fully saturated rings. The lowest BCUT2D eigenvalue weighted by molar-refractivity contribution is -0.121. The summed E-state index contributed by atoms with van der Waals surface area (Å²) in [6.45, 7) is 3.63. The Labute approximate surface area is 184 Å². The molecule has 166 valence electrons. The average molecular weight is 444 g/mol. The summed E-state index contributed by atoms with van der Waals surface area (Å²) in [7, 11) is -1.92. The second kappa shape index (κ2) is 8.98. The Morgan fingerprint density at radius 3 is 2.35 bits per heavy atom. The van der Waals surface area contributed by atoms with E-state index < -0.39 is 10.0 Å². The van der Waals surface area contributed by atoms with Crippen LogP contribution in [0.5, 0.6) is 5.75 Å². The number of fused-ring (bicyclic) bond motifs is 1. The Bertz CT molecular complexity index is 1040. The highest BCUT2D eigenvalue weighted by Gasteiger charge is 2.32. The van der Waals surface area contributed by atoms with Gasteiger partial charge < -0.3 is 10.1 Å². The molecule has 0 bridgehead atoms. The Morgan fingerprint density at radius 1 is 1.00 bits per heavy atom. The third-order valence-corrected chi connectivity index (χ3v) is 8.16. The summed E-state index contributed by atoms with van der Waals surface area (Å²) in [6.07, 6.45) is 3.08. The van der Waals surface area contributed by atoms with E-state index in [0.29, 0.717) is 36.8 Å². The van der Waals surface area contributed by atoms with Gasteiger partial charge in [0.2, 0.25) is 15.9 Å². The summed E-state index contributed by atoms with van der Waals surface area (Å²) in [4.78, 5) is 15.1. The molecule has 1 heterocycles. The zero-order chi connectivity index (χ0) is 22.0. The molecule has 7 nitrogen and oxygen atoms in total. The molecular formula is C23H29N3O4S. The van der Waals surface area contributed by atoms with Crippen LogP contribution in [0, 0.1) is 0 Å². The predicted molar refractivity (Wildman–Crippen MR) is 120 cm³/mol. The van der Waals surface area contributed by atoms with Gasteiger partial charge in [0.25, 0.3) is 0 Å². The fraction of sp³-hybridized carbons (Fsp3) is 0.435. The number of anilines is 1. The van der Waals surface area contributed by atoms with E-state index in [2.05, 4.69) is 5.32 Å². The molecule has 2 aromatic rings. The van der Waals surface area contributed by atoms with Crippen LogP contribution in [0.2, 0.25) is 0 Å². The van der Waals surface area contributed by atoms with Crippen molar-refractivity contribution < 1.29 is 17.9 Å². The molecule has 4 rings (SSSR count). The number of benzene rings is 2. The number of nitrogens with zero attached hydrogens (tertiary/aromatic N) is 2. The molecule has 0 aromatic heterocycles. The van der Waals surface area contributed by atoms with Crippen molar-refractivity contribution in [3.63, 3.8) is 0 Å². The van der Waals surface area contributed by atoms with E-state index >= 15 is 0 Å². The second-order valence-electron chi connectivity index (χ2n) is 8.12. The van der Waals surface area contributed by atoms with Crippen LogP contribution in [0.25, 0.3) is 0 Å². The number of amides is 1. The van der Waals surface area contributed by atoms with Gasteiger partial charge in [-0.2, -0.15) is 4.31 Å². The Kier molecular flexibility index (Phi) is 6.31. The molecule has 0 radical (unpaired) electrons. The van der Waals surface area contributed by atoms with E-state index in [1.807, 2.05) is 24.0 Å². The quantitative estimate of drug-likeness (QED) is 0.742. The van der Waals surface area contributed by atoms with E-state index in [-0.39, 0.29) is 11.9 Å². The molecule has 1 atom stereocenters. The first-order valence-electron chi connectivity index (χ1n) is 10.7. The topological polar surface area (TPSA) is 79.0 Å². The monoisotopic (exact) mass is 443 g/mol. The summed E-state index contributed by atoms with van der Waals surface area (Å²) in [6, 6.07) is 12.4. The first kappa shape index (κ1) is 21.8. The van der Waals surface area contributed by atoms with Crippen LogP contribution in [-0.2, 0) is 27.7 Å². The number of rotatable bonds is 6. The van der Waals surface area contributed by atoms with Gasteiger partial charge in [-0.1, -0.05) is 6.07 Å². The Balaban J connectivity index is 1.35. The van der Waals surface area contributed by atoms with Gasteiger partial charge in [-0.15, -0.1) is 0 Å². The molecule has 1 amide bonds. The maximum Gasteiger partial charge on any atom is 0.243 e. The SMILES string of the molecule is COc1ccc(NC(=O)[C@@H](C)N2CCN(S(=O)(=O)c3ccc4c(c3)CCC4)CC2)cc1. The van der Waals surface area contributed by atoms with Gasteiger partial charge in [-0.05, 0) is 73.7 Å². The Morgan fingerprint density at radius 2 is 1.68 bits per heavy atom. The molecule has 8 heteroatoms. The summed E-state index contributed by atoms with van der Waals surface area (Å²) < 4.78 is 32.9. The van der Waals surface area contributed by atoms with Crippen molar-refractivity contribution in [1.82, 2.24) is 9.21 Å². The molecule has 0 saturated carbocycles. The van der Waals surface area contributed by atoms with E-state index in [0.717, 1.165) is 30.6 Å². The number of sulfonamides is 1. The van der Waals surface area contributed by atoms with Gasteiger partial charge in [0, 0.05) is 31.9 Å². The molecule has 2 aromatic carbocycles. The minimum Gasteiger partial charge on any atom is -0.497 e. The van der Waals surface area contributed by atoms with Gasteiger partial charge >= 0.3 is 0 Å². The van der Waals surface area contributed by atoms with Gasteiger partial charge in [0.15, 0.2) is 0 Å². The number of methoxy groups -OCH3 is 1. The van der Waals surface area contributed by atoms with Crippen molar-refractivity contribution in [1.29, 1.82) is 0 Å². The van der Waals surface area contributed by atoms with Crippen LogP contribution in [0.15, 0.2) is 47.4 Å². The molecule has 1 saturated heterocycles. The van der Waals surface area contributed by atoms with Crippen LogP contribution < -0.4 is 10.1 Å². The number of hydrogen-bond donors (Lipinski definition) is 1. The normalized spacial score (nSPS) is 18.4. The van der Waals surface area contributed by atoms with E-state index in [1.165, 1.54) is 9.87 Å². The third-order valence-electron chi connectivity index (χ3n) is 6.27. The van der Waals surface area contributed by atoms with E-state index in [4.69, 9.17) is 4.74 Å². The smallest absolute Gasteiger partial charge is 0.243 e. The largest absolute Gasteiger partial charge is 0.497 e. The standard InChI is InChI=1S/C23H29N3O4S/c1-17(23(27)24-20-7-9-21(30-2)10-8-20)25-12-14-26(15-13-25)31(28,29)22-11-6-18-4-3-5-19(18)16-22/h6-11,16-17H,3-5,12-15H2,1-2H3,(H,24,27)/t17-/m1/s1. The molecule has 1 N–H and O–H groups in total. The molecule has 0 unspecified atom stereocenters. The molecule has 2 aliphatic rings. The lowest BCUT2D eigenvalue weighted by Crippen LogP contribution is -2.53. The van der Waals surface area contributed by atoms with Crippen LogP contribution >= 0.6 is 0 Å². The average Bonchev–Trinajstić information content (AvgIpc) is 3.27. The van der Waals surface area contributed by atoms with Gasteiger partial charge in [0.1, 0.15) is 5.75 Å². The molecule has 0 spiro atoms. The van der Waals surface area contributed by atoms with Crippen molar-refractivity contribution in [3.05, 3.63) is 53.6 Å². The second-order valence-corrected chi connectivity index (χ2v) is 10.1. The highest BCUT2D eigenvalue weighted by Crippen LogP contribution is 2.27. The van der Waals surface area contributed by atoms with Crippen LogP contribution in [0.4, 0.5) is 5.69 Å². The maximum atomic E-state index is 13.1. The summed E-state index contributed by atoms with van der Waals surface area (Å²) >= 11 is 0. The highest BCUT2D eigenvalue weighted by atomic mass is 32.2. The first-order valence-corrected chi connectivity index (χ1v) is 12.1. The van der Waals surface area contributed by atoms with Crippen molar-refractivity contribution in [2.24, 2.45) is 0 Å². The van der Waals surface area contributed by atoms with Crippen LogP contribution in [0.1, 0.15) is 24.5 Å². The minimum absolute atomic E-state index is 0.111. The fourth-order valence-corrected chi connectivity index (χ4v) is 5.75. The van der Waals surface area contributed by atoms with Crippen molar-refractivity contribution in [3.8, 4) is 5.75 Å². The van der Waals surface area contributed by atoms with E-state index in [1.54, 1.807) is 37.4 Å². The van der Waals surface area contributed by atoms with Crippen molar-refractivity contribution in [2.75, 3.05) is 38.6 Å². The summed E-state index contributed by atoms with van der Waals surface area (Å²) in [5.41, 5.74) is 3.12. The molecular weight excluding hydrogens is 414 g/mol. The predicted octanol–water partition coefficient (Wildman–Crippen LogP) is 2.52. The number of carbonyl (C=O) groups excluding carboxylic acids is 1. The summed E-state index contributed by atoms with van der Waals surface area (Å²) in [5.74, 6) is 0.617. The third kappa shape index (κ3) is 4.61. The highest BCUT2D eigenvalue weighted by molar-refractivity contribution is 7.89. The maximum absolute atomic E-state index is 13.1. The number of piperazine rings is 1. The van der Waals surface area contributed by atoms with Crippen LogP contribution in [0.3, 0.4) is 0 Å². The fourth-order valence-electron chi connectivity index (χ4n) is 4.28. The number of carbonyl (C=O) groups is 1. The zero-order valence-electron chi connectivity index (χ0n) is 18.0. The van der Waals surface area contributed by atoms with Crippen molar-refractivity contribution >= 4 is 21.6 Å². The molecule has 1 aliphatic carbocycles. The minimum atomic E-state index is -3.51. The molecule has 1 aliphatic heterocycles. The van der Waals surface area contributed by atoms with Crippen LogP contribution in [-0.4, -0.2) is 62.9 Å². The number of ether oxygens (including phenoxy) is 1. The lowest BCUT2D eigenvalue weighted by Gasteiger charge is -2.36. The number of aryl methyl sites for hydroxylation is 2. The van der Waals surface area contributed by atoms with Crippen molar-refractivity contribution in [2.45, 2.75) is 37.1 Å². The number of nitrogens with one attached hydrogen (secondary N) is 1. The summed E-state index contributed by atoms with van der Waals surface area (Å²) in [5, 5.41) is 2.91. The van der Waals surface area contributed by atoms with Gasteiger partial charge in [-0.25, -0.2) is 8.42 Å². The zero-order valence-corrected chi connectivity index (χ0v) is 18.8. The van der Waals surface area contributed by atoms with Gasteiger partial charge in [-0.3, -0.25) is 9.69 Å². The Hall–Kier alpha value is -2.42.